The van der Waals surface area contributed by atoms with Gasteiger partial charge in [-0.15, -0.1) is 0 Å². The Morgan fingerprint density at radius 1 is 1.00 bits per heavy atom. The molecule has 4 nitrogen and oxygen atoms in total. The van der Waals surface area contributed by atoms with Gasteiger partial charge in [0, 0.05) is 6.08 Å². The second-order valence-electron chi connectivity index (χ2n) is 9.87. The molecule has 2 atom stereocenters. The lowest BCUT2D eigenvalue weighted by Crippen LogP contribution is -2.44. The van der Waals surface area contributed by atoms with Crippen LogP contribution in [0.25, 0.3) is 0 Å². The first-order valence-corrected chi connectivity index (χ1v) is 12.3. The minimum atomic E-state index is -0.624. The van der Waals surface area contributed by atoms with Gasteiger partial charge in [-0.3, -0.25) is 0 Å². The van der Waals surface area contributed by atoms with Gasteiger partial charge in [-0.05, 0) is 73.3 Å². The molecule has 1 heterocycles. The van der Waals surface area contributed by atoms with Crippen LogP contribution in [0.15, 0.2) is 36.4 Å². The molecule has 0 radical (unpaired) electrons. The molecule has 0 spiro atoms. The van der Waals surface area contributed by atoms with Crippen LogP contribution in [-0.2, 0) is 24.4 Å². The molecular formula is C27H38O4. The van der Waals surface area contributed by atoms with E-state index in [1.165, 1.54) is 63.0 Å². The largest absolute Gasteiger partial charge is 0.430 e. The molecule has 4 fully saturated rings. The summed E-state index contributed by atoms with van der Waals surface area (Å²) in [5.41, 5.74) is 3.68. The third kappa shape index (κ3) is 5.06. The molecule has 170 valence electrons. The highest BCUT2D eigenvalue weighted by Gasteiger charge is 2.48. The van der Waals surface area contributed by atoms with Crippen LogP contribution in [0.3, 0.4) is 0 Å². The van der Waals surface area contributed by atoms with Gasteiger partial charge >= 0.3 is 5.97 Å². The summed E-state index contributed by atoms with van der Waals surface area (Å²) in [5, 5.41) is 0. The van der Waals surface area contributed by atoms with Gasteiger partial charge in [0.1, 0.15) is 12.7 Å². The Hall–Kier alpha value is -1.65. The van der Waals surface area contributed by atoms with Gasteiger partial charge < -0.3 is 14.2 Å². The molecule has 0 unspecified atom stereocenters. The number of esters is 1. The summed E-state index contributed by atoms with van der Waals surface area (Å²) in [5.74, 6) is -0.368. The molecule has 5 rings (SSSR count). The van der Waals surface area contributed by atoms with Crippen molar-refractivity contribution in [2.75, 3.05) is 13.2 Å². The van der Waals surface area contributed by atoms with Gasteiger partial charge in [0.2, 0.25) is 6.29 Å². The molecule has 0 N–H and O–H groups in total. The topological polar surface area (TPSA) is 44.8 Å². The third-order valence-corrected chi connectivity index (χ3v) is 7.90. The number of benzene rings is 1. The Bertz CT molecular complexity index is 733. The molecule has 4 heteroatoms. The summed E-state index contributed by atoms with van der Waals surface area (Å²) in [4.78, 5) is 11.8. The van der Waals surface area contributed by atoms with Gasteiger partial charge in [-0.1, -0.05) is 57.0 Å². The van der Waals surface area contributed by atoms with E-state index in [0.717, 1.165) is 18.4 Å². The van der Waals surface area contributed by atoms with Gasteiger partial charge in [0.25, 0.3) is 0 Å². The summed E-state index contributed by atoms with van der Waals surface area (Å²) in [6, 6.07) is 9.06. The fourth-order valence-electron chi connectivity index (χ4n) is 5.91. The molecule has 2 bridgehead atoms. The standard InChI is InChI=1S/C27H38O4/c1-3-5-6-7-24(28)31-25-20-29-23(19-30-25)21-8-10-22(11-9-21)27-16-13-26(12-4-2,14-17-27)15-18-27/h6-11,23,25H,3-5,12-20H2,1-2H3/t23-,25-,26?,27?/m1/s1. The summed E-state index contributed by atoms with van der Waals surface area (Å²) in [6.45, 7) is 5.07. The van der Waals surface area contributed by atoms with Crippen LogP contribution in [0.2, 0.25) is 0 Å². The highest BCUT2D eigenvalue weighted by Crippen LogP contribution is 2.59. The van der Waals surface area contributed by atoms with E-state index >= 15 is 0 Å². The summed E-state index contributed by atoms with van der Waals surface area (Å²) >= 11 is 0. The molecule has 3 aliphatic carbocycles. The van der Waals surface area contributed by atoms with Crippen molar-refractivity contribution >= 4 is 5.97 Å². The van der Waals surface area contributed by atoms with E-state index in [-0.39, 0.29) is 18.7 Å². The van der Waals surface area contributed by atoms with E-state index in [0.29, 0.717) is 17.4 Å². The van der Waals surface area contributed by atoms with E-state index in [9.17, 15) is 4.79 Å². The number of rotatable bonds is 8. The minimum absolute atomic E-state index is 0.105. The Morgan fingerprint density at radius 3 is 2.29 bits per heavy atom. The maximum absolute atomic E-state index is 11.8. The van der Waals surface area contributed by atoms with Crippen molar-refractivity contribution in [2.24, 2.45) is 5.41 Å². The lowest BCUT2D eigenvalue weighted by Gasteiger charge is -2.54. The fourth-order valence-corrected chi connectivity index (χ4v) is 5.91. The lowest BCUT2D eigenvalue weighted by molar-refractivity contribution is -0.230. The molecule has 31 heavy (non-hydrogen) atoms. The highest BCUT2D eigenvalue weighted by molar-refractivity contribution is 5.81. The van der Waals surface area contributed by atoms with Gasteiger partial charge in [-0.2, -0.15) is 0 Å². The average Bonchev–Trinajstić information content (AvgIpc) is 2.81. The maximum Gasteiger partial charge on any atom is 0.332 e. The van der Waals surface area contributed by atoms with Crippen LogP contribution in [0.5, 0.6) is 0 Å². The van der Waals surface area contributed by atoms with Crippen molar-refractivity contribution < 1.29 is 19.0 Å². The van der Waals surface area contributed by atoms with Crippen molar-refractivity contribution in [3.63, 3.8) is 0 Å². The number of carbonyl (C=O) groups is 1. The van der Waals surface area contributed by atoms with Crippen LogP contribution in [-0.4, -0.2) is 25.5 Å². The Balaban J connectivity index is 1.29. The van der Waals surface area contributed by atoms with Crippen molar-refractivity contribution in [1.82, 2.24) is 0 Å². The number of unbranched alkanes of at least 4 members (excludes halogenated alkanes) is 1. The van der Waals surface area contributed by atoms with Crippen molar-refractivity contribution in [3.8, 4) is 0 Å². The molecule has 3 saturated carbocycles. The summed E-state index contributed by atoms with van der Waals surface area (Å²) < 4.78 is 17.0. The molecule has 1 aliphatic heterocycles. The second-order valence-corrected chi connectivity index (χ2v) is 9.87. The zero-order valence-corrected chi connectivity index (χ0v) is 19.2. The number of carbonyl (C=O) groups excluding carboxylic acids is 1. The van der Waals surface area contributed by atoms with Crippen LogP contribution >= 0.6 is 0 Å². The van der Waals surface area contributed by atoms with Gasteiger partial charge in [-0.25, -0.2) is 4.79 Å². The Kier molecular flexibility index (Phi) is 7.18. The zero-order valence-electron chi connectivity index (χ0n) is 19.2. The predicted molar refractivity (Wildman–Crippen MR) is 122 cm³/mol. The Morgan fingerprint density at radius 2 is 1.71 bits per heavy atom. The van der Waals surface area contributed by atoms with E-state index in [1.54, 1.807) is 0 Å². The minimum Gasteiger partial charge on any atom is -0.430 e. The summed E-state index contributed by atoms with van der Waals surface area (Å²) in [7, 11) is 0. The van der Waals surface area contributed by atoms with Crippen molar-refractivity contribution in [1.29, 1.82) is 0 Å². The molecule has 0 amide bonds. The average molecular weight is 427 g/mol. The number of ether oxygens (including phenoxy) is 3. The molecular weight excluding hydrogens is 388 g/mol. The highest BCUT2D eigenvalue weighted by atomic mass is 16.7. The predicted octanol–water partition coefficient (Wildman–Crippen LogP) is 6.39. The fraction of sp³-hybridized carbons (Fsp3) is 0.667. The monoisotopic (exact) mass is 426 g/mol. The first-order chi connectivity index (χ1) is 15.1. The SMILES string of the molecule is CCCC=CC(=O)O[C@@H]1CO[C@@H](c2ccc(C34CCC(CCC)(CC3)CC4)cc2)CO1. The number of hydrogen-bond donors (Lipinski definition) is 0. The second kappa shape index (κ2) is 9.87. The van der Waals surface area contributed by atoms with Crippen molar-refractivity contribution in [2.45, 2.75) is 95.9 Å². The molecule has 4 aliphatic rings. The molecule has 1 aromatic carbocycles. The summed E-state index contributed by atoms with van der Waals surface area (Å²) in [6.07, 6.45) is 15.4. The maximum atomic E-state index is 11.8. The lowest BCUT2D eigenvalue weighted by atomic mass is 9.51. The van der Waals surface area contributed by atoms with E-state index in [2.05, 4.69) is 38.1 Å². The number of allylic oxidation sites excluding steroid dienone is 1. The smallest absolute Gasteiger partial charge is 0.332 e. The quantitative estimate of drug-likeness (QED) is 0.357. The molecule has 0 aromatic heterocycles. The van der Waals surface area contributed by atoms with Crippen LogP contribution < -0.4 is 0 Å². The zero-order chi connectivity index (χ0) is 21.7. The normalized spacial score (nSPS) is 33.0. The third-order valence-electron chi connectivity index (χ3n) is 7.90. The molecule has 1 aromatic rings. The van der Waals surface area contributed by atoms with Crippen LogP contribution in [0.4, 0.5) is 0 Å². The van der Waals surface area contributed by atoms with Crippen LogP contribution in [0.1, 0.15) is 95.3 Å². The molecule has 1 saturated heterocycles. The van der Waals surface area contributed by atoms with Gasteiger partial charge in [0.05, 0.1) is 6.61 Å². The van der Waals surface area contributed by atoms with Crippen molar-refractivity contribution in [3.05, 3.63) is 47.5 Å². The number of hydrogen-bond acceptors (Lipinski definition) is 4. The van der Waals surface area contributed by atoms with E-state index in [1.807, 2.05) is 6.08 Å². The number of fused-ring (bicyclic) bond motifs is 3. The van der Waals surface area contributed by atoms with Gasteiger partial charge in [0.15, 0.2) is 0 Å². The first-order valence-electron chi connectivity index (χ1n) is 12.3. The van der Waals surface area contributed by atoms with Crippen LogP contribution in [0, 0.1) is 5.41 Å². The Labute approximate surface area is 187 Å². The van der Waals surface area contributed by atoms with E-state index in [4.69, 9.17) is 14.2 Å². The first kappa shape index (κ1) is 22.5. The van der Waals surface area contributed by atoms with E-state index < -0.39 is 6.29 Å².